The molecule has 0 heterocycles. The summed E-state index contributed by atoms with van der Waals surface area (Å²) in [5.74, 6) is -1.22. The molecule has 0 fully saturated rings. The molecule has 2 rings (SSSR count). The average molecular weight is 412 g/mol. The number of anilines is 1. The molecule has 156 valence electrons. The highest BCUT2D eigenvalue weighted by Gasteiger charge is 2.33. The van der Waals surface area contributed by atoms with Crippen LogP contribution < -0.4 is 16.0 Å². The van der Waals surface area contributed by atoms with Gasteiger partial charge in [-0.15, -0.1) is 0 Å². The molecule has 0 saturated heterocycles. The molecule has 0 aliphatic heterocycles. The zero-order valence-electron chi connectivity index (χ0n) is 15.5. The van der Waals surface area contributed by atoms with Crippen LogP contribution in [0.15, 0.2) is 47.5 Å². The van der Waals surface area contributed by atoms with Gasteiger partial charge in [-0.3, -0.25) is 4.79 Å². The third-order valence-corrected chi connectivity index (χ3v) is 3.70. The molecule has 0 aliphatic carbocycles. The van der Waals surface area contributed by atoms with Gasteiger partial charge in [-0.25, -0.2) is 9.38 Å². The van der Waals surface area contributed by atoms with Crippen LogP contribution in [0.5, 0.6) is 5.75 Å². The van der Waals surface area contributed by atoms with E-state index in [2.05, 4.69) is 20.9 Å². The largest absolute Gasteiger partial charge is 0.508 e. The Morgan fingerprint density at radius 1 is 1.10 bits per heavy atom. The molecule has 0 spiro atoms. The van der Waals surface area contributed by atoms with Crippen molar-refractivity contribution in [3.05, 3.63) is 59.4 Å². The summed E-state index contributed by atoms with van der Waals surface area (Å²) < 4.78 is 52.4. The number of carbonyl (C=O) groups is 1. The van der Waals surface area contributed by atoms with Crippen LogP contribution in [0.25, 0.3) is 0 Å². The summed E-state index contributed by atoms with van der Waals surface area (Å²) in [6, 6.07) is 8.25. The number of aromatic hydroxyl groups is 1. The number of guanidine groups is 1. The number of benzene rings is 2. The summed E-state index contributed by atoms with van der Waals surface area (Å²) in [5.41, 5.74) is -0.815. The summed E-state index contributed by atoms with van der Waals surface area (Å²) >= 11 is 0. The Balaban J connectivity index is 2.03. The second-order valence-corrected chi connectivity index (χ2v) is 5.94. The van der Waals surface area contributed by atoms with Gasteiger partial charge in [0.15, 0.2) is 5.96 Å². The number of aliphatic imine (C=N–C) groups is 1. The fraction of sp³-hybridized carbons (Fsp3) is 0.263. The third-order valence-electron chi connectivity index (χ3n) is 3.70. The Morgan fingerprint density at radius 2 is 1.79 bits per heavy atom. The molecule has 0 unspecified atom stereocenters. The summed E-state index contributed by atoms with van der Waals surface area (Å²) in [6.45, 7) is 1.63. The molecule has 0 aromatic heterocycles. The van der Waals surface area contributed by atoms with E-state index in [1.165, 1.54) is 24.3 Å². The first-order chi connectivity index (χ1) is 13.7. The Morgan fingerprint density at radius 3 is 2.41 bits per heavy atom. The van der Waals surface area contributed by atoms with Gasteiger partial charge in [-0.05, 0) is 48.9 Å². The highest BCUT2D eigenvalue weighted by Crippen LogP contribution is 2.32. The predicted molar refractivity (Wildman–Crippen MR) is 101 cm³/mol. The van der Waals surface area contributed by atoms with E-state index >= 15 is 0 Å². The van der Waals surface area contributed by atoms with Crippen LogP contribution in [0.3, 0.4) is 0 Å². The highest BCUT2D eigenvalue weighted by molar-refractivity contribution is 5.95. The highest BCUT2D eigenvalue weighted by atomic mass is 19.4. The fourth-order valence-corrected chi connectivity index (χ4v) is 2.37. The molecule has 0 bridgehead atoms. The lowest BCUT2D eigenvalue weighted by Gasteiger charge is -2.14. The maximum absolute atomic E-state index is 13.2. The van der Waals surface area contributed by atoms with Crippen molar-refractivity contribution in [2.75, 3.05) is 18.4 Å². The van der Waals surface area contributed by atoms with Crippen LogP contribution in [0.1, 0.15) is 18.1 Å². The molecular formula is C19H20F4N4O2. The first-order valence-corrected chi connectivity index (χ1v) is 8.65. The second kappa shape index (κ2) is 9.76. The average Bonchev–Trinajstić information content (AvgIpc) is 2.66. The first-order valence-electron chi connectivity index (χ1n) is 8.65. The minimum absolute atomic E-state index is 0.0571. The van der Waals surface area contributed by atoms with Crippen molar-refractivity contribution in [1.29, 1.82) is 0 Å². The van der Waals surface area contributed by atoms with Crippen LogP contribution in [-0.4, -0.2) is 30.1 Å². The predicted octanol–water partition coefficient (Wildman–Crippen LogP) is 3.24. The molecule has 0 saturated carbocycles. The molecule has 29 heavy (non-hydrogen) atoms. The van der Waals surface area contributed by atoms with Gasteiger partial charge in [-0.1, -0.05) is 6.07 Å². The second-order valence-electron chi connectivity index (χ2n) is 5.94. The summed E-state index contributed by atoms with van der Waals surface area (Å²) in [5, 5.41) is 17.3. The van der Waals surface area contributed by atoms with Crippen molar-refractivity contribution < 1.29 is 27.5 Å². The van der Waals surface area contributed by atoms with Crippen LogP contribution in [-0.2, 0) is 17.5 Å². The SMILES string of the molecule is CCNC(=NCc1ccc(F)cc1C(F)(F)F)NCC(=O)Nc1ccc(O)cc1. The van der Waals surface area contributed by atoms with E-state index in [1.54, 1.807) is 6.92 Å². The molecule has 0 aliphatic rings. The van der Waals surface area contributed by atoms with Gasteiger partial charge >= 0.3 is 6.18 Å². The minimum Gasteiger partial charge on any atom is -0.508 e. The Kier molecular flexibility index (Phi) is 7.40. The van der Waals surface area contributed by atoms with E-state index in [9.17, 15) is 27.5 Å². The van der Waals surface area contributed by atoms with Crippen molar-refractivity contribution >= 4 is 17.6 Å². The van der Waals surface area contributed by atoms with E-state index in [4.69, 9.17) is 0 Å². The zero-order chi connectivity index (χ0) is 21.4. The number of carbonyl (C=O) groups excluding carboxylic acids is 1. The molecule has 2 aromatic carbocycles. The fourth-order valence-electron chi connectivity index (χ4n) is 2.37. The number of rotatable bonds is 6. The van der Waals surface area contributed by atoms with Crippen LogP contribution in [0, 0.1) is 5.82 Å². The number of alkyl halides is 3. The molecule has 2 aromatic rings. The van der Waals surface area contributed by atoms with E-state index < -0.39 is 23.5 Å². The Hall–Kier alpha value is -3.30. The molecule has 4 N–H and O–H groups in total. The molecule has 0 radical (unpaired) electrons. The maximum Gasteiger partial charge on any atom is 0.416 e. The molecule has 1 amide bonds. The van der Waals surface area contributed by atoms with E-state index in [0.29, 0.717) is 18.3 Å². The van der Waals surface area contributed by atoms with Gasteiger partial charge in [-0.2, -0.15) is 13.2 Å². The standard InChI is InChI=1S/C19H20F4N4O2/c1-2-24-18(26-11-17(29)27-14-5-7-15(28)8-6-14)25-10-12-3-4-13(20)9-16(12)19(21,22)23/h3-9,28H,2,10-11H2,1H3,(H,27,29)(H2,24,25,26). The van der Waals surface area contributed by atoms with Gasteiger partial charge in [0.1, 0.15) is 11.6 Å². The number of halogens is 4. The summed E-state index contributed by atoms with van der Waals surface area (Å²) in [4.78, 5) is 16.0. The lowest BCUT2D eigenvalue weighted by atomic mass is 10.1. The van der Waals surface area contributed by atoms with Crippen molar-refractivity contribution in [3.8, 4) is 5.75 Å². The number of nitrogens with zero attached hydrogens (tertiary/aromatic N) is 1. The normalized spacial score (nSPS) is 11.8. The summed E-state index contributed by atoms with van der Waals surface area (Å²) in [7, 11) is 0. The quantitative estimate of drug-likeness (QED) is 0.254. The number of nitrogens with one attached hydrogen (secondary N) is 3. The van der Waals surface area contributed by atoms with Crippen molar-refractivity contribution in [1.82, 2.24) is 10.6 Å². The molecule has 0 atom stereocenters. The number of phenolic OH excluding ortho intramolecular Hbond substituents is 1. The van der Waals surface area contributed by atoms with E-state index in [-0.39, 0.29) is 30.4 Å². The van der Waals surface area contributed by atoms with Crippen LogP contribution in [0.4, 0.5) is 23.2 Å². The number of phenols is 1. The van der Waals surface area contributed by atoms with Crippen LogP contribution >= 0.6 is 0 Å². The topological polar surface area (TPSA) is 85.8 Å². The van der Waals surface area contributed by atoms with Crippen molar-refractivity contribution in [3.63, 3.8) is 0 Å². The lowest BCUT2D eigenvalue weighted by Crippen LogP contribution is -2.41. The van der Waals surface area contributed by atoms with Crippen molar-refractivity contribution in [2.24, 2.45) is 4.99 Å². The maximum atomic E-state index is 13.2. The molecule has 6 nitrogen and oxygen atoms in total. The van der Waals surface area contributed by atoms with Crippen LogP contribution in [0.2, 0.25) is 0 Å². The zero-order valence-corrected chi connectivity index (χ0v) is 15.5. The lowest BCUT2D eigenvalue weighted by molar-refractivity contribution is -0.138. The molecular weight excluding hydrogens is 392 g/mol. The summed E-state index contributed by atoms with van der Waals surface area (Å²) in [6.07, 6.45) is -4.71. The van der Waals surface area contributed by atoms with Gasteiger partial charge in [0.2, 0.25) is 5.91 Å². The first kappa shape index (κ1) is 22.0. The molecule has 10 heteroatoms. The number of amides is 1. The Labute approximate surface area is 164 Å². The third kappa shape index (κ3) is 6.98. The minimum atomic E-state index is -4.71. The van der Waals surface area contributed by atoms with Gasteiger partial charge < -0.3 is 21.1 Å². The number of hydrogen-bond donors (Lipinski definition) is 4. The monoisotopic (exact) mass is 412 g/mol. The Bertz CT molecular complexity index is 868. The number of hydrogen-bond acceptors (Lipinski definition) is 3. The van der Waals surface area contributed by atoms with Crippen molar-refractivity contribution in [2.45, 2.75) is 19.6 Å². The van der Waals surface area contributed by atoms with Gasteiger partial charge in [0.05, 0.1) is 18.7 Å². The van der Waals surface area contributed by atoms with E-state index in [0.717, 1.165) is 12.1 Å². The smallest absolute Gasteiger partial charge is 0.416 e. The van der Waals surface area contributed by atoms with E-state index in [1.807, 2.05) is 0 Å². The van der Waals surface area contributed by atoms with Gasteiger partial charge in [0, 0.05) is 12.2 Å². The van der Waals surface area contributed by atoms with Gasteiger partial charge in [0.25, 0.3) is 0 Å².